The predicted molar refractivity (Wildman–Crippen MR) is 79.9 cm³/mol. The number of nitrogens with one attached hydrogen (secondary N) is 1. The lowest BCUT2D eigenvalue weighted by Crippen LogP contribution is -2.52. The van der Waals surface area contributed by atoms with E-state index in [1.54, 1.807) is 4.90 Å². The van der Waals surface area contributed by atoms with Crippen molar-refractivity contribution in [3.63, 3.8) is 0 Å². The zero-order valence-corrected chi connectivity index (χ0v) is 12.9. The van der Waals surface area contributed by atoms with Crippen molar-refractivity contribution in [2.75, 3.05) is 13.1 Å². The van der Waals surface area contributed by atoms with Crippen LogP contribution < -0.4 is 5.32 Å². The number of hydrogen-bond acceptors (Lipinski definition) is 4. The van der Waals surface area contributed by atoms with Crippen molar-refractivity contribution in [1.82, 2.24) is 10.2 Å². The van der Waals surface area contributed by atoms with Crippen LogP contribution in [0.5, 0.6) is 0 Å². The monoisotopic (exact) mass is 281 g/mol. The number of guanidine groups is 1. The first-order chi connectivity index (χ1) is 9.46. The Balaban J connectivity index is 1.97. The number of rotatable bonds is 1. The molecular weight excluding hydrogens is 254 g/mol. The van der Waals surface area contributed by atoms with Gasteiger partial charge in [-0.25, -0.2) is 9.69 Å². The molecule has 114 valence electrons. The highest BCUT2D eigenvalue weighted by molar-refractivity contribution is 5.94. The van der Waals surface area contributed by atoms with Gasteiger partial charge in [0.25, 0.3) is 0 Å². The van der Waals surface area contributed by atoms with Crippen molar-refractivity contribution in [3.05, 3.63) is 0 Å². The van der Waals surface area contributed by atoms with Crippen molar-refractivity contribution >= 4 is 12.1 Å². The minimum atomic E-state index is -0.468. The highest BCUT2D eigenvalue weighted by Gasteiger charge is 2.28. The van der Waals surface area contributed by atoms with Crippen molar-refractivity contribution in [2.45, 2.75) is 70.9 Å². The molecule has 0 aromatic carbocycles. The van der Waals surface area contributed by atoms with Gasteiger partial charge in [0.2, 0.25) is 5.96 Å². The number of hydrogen-bond donors (Lipinski definition) is 1. The number of carbonyl (C=O) groups excluding carboxylic acids is 1. The zero-order valence-electron chi connectivity index (χ0n) is 12.9. The lowest BCUT2D eigenvalue weighted by atomic mass is 9.96. The Bertz CT molecular complexity index is 368. The Morgan fingerprint density at radius 2 is 1.95 bits per heavy atom. The molecule has 5 heteroatoms. The molecule has 0 atom stereocenters. The predicted octanol–water partition coefficient (Wildman–Crippen LogP) is 2.91. The molecule has 0 aromatic heterocycles. The van der Waals surface area contributed by atoms with Crippen molar-refractivity contribution in [1.29, 1.82) is 0 Å². The molecule has 1 aliphatic carbocycles. The van der Waals surface area contributed by atoms with Gasteiger partial charge < -0.3 is 10.1 Å². The van der Waals surface area contributed by atoms with E-state index in [-0.39, 0.29) is 6.09 Å². The van der Waals surface area contributed by atoms with E-state index in [1.807, 2.05) is 20.8 Å². The molecule has 5 nitrogen and oxygen atoms in total. The van der Waals surface area contributed by atoms with Gasteiger partial charge in [-0.15, -0.1) is 0 Å². The van der Waals surface area contributed by atoms with Gasteiger partial charge in [0.05, 0.1) is 0 Å². The summed E-state index contributed by atoms with van der Waals surface area (Å²) in [4.78, 5) is 18.4. The third kappa shape index (κ3) is 4.39. The highest BCUT2D eigenvalue weighted by atomic mass is 16.6. The summed E-state index contributed by atoms with van der Waals surface area (Å²) in [6, 6.07) is 0.450. The van der Waals surface area contributed by atoms with Gasteiger partial charge >= 0.3 is 6.09 Å². The van der Waals surface area contributed by atoms with E-state index in [0.717, 1.165) is 13.0 Å². The third-order valence-electron chi connectivity index (χ3n) is 3.61. The Morgan fingerprint density at radius 1 is 1.25 bits per heavy atom. The molecule has 20 heavy (non-hydrogen) atoms. The summed E-state index contributed by atoms with van der Waals surface area (Å²) in [5.74, 6) is 0.706. The molecule has 1 amide bonds. The maximum absolute atomic E-state index is 12.2. The molecule has 1 aliphatic heterocycles. The van der Waals surface area contributed by atoms with Crippen LogP contribution in [0.4, 0.5) is 4.79 Å². The van der Waals surface area contributed by atoms with Gasteiger partial charge in [0, 0.05) is 19.1 Å². The Morgan fingerprint density at radius 3 is 2.60 bits per heavy atom. The average molecular weight is 281 g/mol. The minimum absolute atomic E-state index is 0.292. The van der Waals surface area contributed by atoms with Gasteiger partial charge in [-0.3, -0.25) is 4.99 Å². The second-order valence-corrected chi connectivity index (χ2v) is 6.67. The van der Waals surface area contributed by atoms with E-state index in [9.17, 15) is 4.79 Å². The van der Waals surface area contributed by atoms with Gasteiger partial charge in [0.15, 0.2) is 0 Å². The first-order valence-corrected chi connectivity index (χ1v) is 7.77. The first-order valence-electron chi connectivity index (χ1n) is 7.77. The Kier molecular flexibility index (Phi) is 4.89. The molecule has 1 fully saturated rings. The Hall–Kier alpha value is -1.26. The van der Waals surface area contributed by atoms with Gasteiger partial charge in [-0.05, 0) is 40.0 Å². The maximum Gasteiger partial charge on any atom is 0.417 e. The summed E-state index contributed by atoms with van der Waals surface area (Å²) >= 11 is 0. The summed E-state index contributed by atoms with van der Waals surface area (Å²) in [5.41, 5.74) is -0.468. The summed E-state index contributed by atoms with van der Waals surface area (Å²) in [6.45, 7) is 7.14. The average Bonchev–Trinajstić information content (AvgIpc) is 2.38. The van der Waals surface area contributed by atoms with Crippen LogP contribution in [0.15, 0.2) is 4.99 Å². The lowest BCUT2D eigenvalue weighted by molar-refractivity contribution is 0.0355. The van der Waals surface area contributed by atoms with Crippen LogP contribution in [0.25, 0.3) is 0 Å². The zero-order chi connectivity index (χ0) is 14.6. The smallest absolute Gasteiger partial charge is 0.417 e. The van der Waals surface area contributed by atoms with E-state index >= 15 is 0 Å². The molecule has 0 saturated heterocycles. The normalized spacial score (nSPS) is 21.4. The molecular formula is C15H27N3O2. The van der Waals surface area contributed by atoms with Crippen LogP contribution in [0.3, 0.4) is 0 Å². The lowest BCUT2D eigenvalue weighted by Gasteiger charge is -2.33. The number of amides is 1. The van der Waals surface area contributed by atoms with Crippen LogP contribution in [0.2, 0.25) is 0 Å². The van der Waals surface area contributed by atoms with E-state index in [1.165, 1.54) is 32.1 Å². The van der Waals surface area contributed by atoms with E-state index < -0.39 is 5.60 Å². The van der Waals surface area contributed by atoms with E-state index in [2.05, 4.69) is 10.3 Å². The summed E-state index contributed by atoms with van der Waals surface area (Å²) in [5, 5.41) is 3.45. The SMILES string of the molecule is CC(C)(C)OC(=O)N1CCCN=C1NC1CCCCC1. The molecule has 1 N–H and O–H groups in total. The van der Waals surface area contributed by atoms with Gasteiger partial charge in [-0.1, -0.05) is 19.3 Å². The van der Waals surface area contributed by atoms with Gasteiger partial charge in [-0.2, -0.15) is 0 Å². The molecule has 1 saturated carbocycles. The van der Waals surface area contributed by atoms with Crippen LogP contribution in [-0.4, -0.2) is 41.7 Å². The fourth-order valence-corrected chi connectivity index (χ4v) is 2.65. The van der Waals surface area contributed by atoms with E-state index in [4.69, 9.17) is 4.74 Å². The van der Waals surface area contributed by atoms with Crippen molar-refractivity contribution in [2.24, 2.45) is 4.99 Å². The van der Waals surface area contributed by atoms with Crippen LogP contribution in [0.1, 0.15) is 59.3 Å². The second-order valence-electron chi connectivity index (χ2n) is 6.67. The van der Waals surface area contributed by atoms with Crippen LogP contribution >= 0.6 is 0 Å². The largest absolute Gasteiger partial charge is 0.443 e. The quantitative estimate of drug-likeness (QED) is 0.804. The fourth-order valence-electron chi connectivity index (χ4n) is 2.65. The summed E-state index contributed by atoms with van der Waals surface area (Å²) in [7, 11) is 0. The topological polar surface area (TPSA) is 53.9 Å². The maximum atomic E-state index is 12.2. The van der Waals surface area contributed by atoms with Crippen LogP contribution in [0, 0.1) is 0 Å². The number of nitrogens with zero attached hydrogens (tertiary/aromatic N) is 2. The molecule has 0 aromatic rings. The molecule has 0 bridgehead atoms. The molecule has 0 spiro atoms. The number of aliphatic imine (C=N–C) groups is 1. The molecule has 0 unspecified atom stereocenters. The molecule has 2 rings (SSSR count). The summed E-state index contributed by atoms with van der Waals surface area (Å²) < 4.78 is 5.46. The molecule has 1 heterocycles. The second kappa shape index (κ2) is 6.46. The Labute approximate surface area is 121 Å². The highest BCUT2D eigenvalue weighted by Crippen LogP contribution is 2.19. The summed E-state index contributed by atoms with van der Waals surface area (Å²) in [6.07, 6.45) is 6.78. The molecule has 0 radical (unpaired) electrons. The number of ether oxygens (including phenoxy) is 1. The first kappa shape index (κ1) is 15.1. The van der Waals surface area contributed by atoms with Crippen molar-refractivity contribution < 1.29 is 9.53 Å². The minimum Gasteiger partial charge on any atom is -0.443 e. The van der Waals surface area contributed by atoms with Crippen molar-refractivity contribution in [3.8, 4) is 0 Å². The van der Waals surface area contributed by atoms with E-state index in [0.29, 0.717) is 18.5 Å². The molecule has 2 aliphatic rings. The standard InChI is InChI=1S/C15H27N3O2/c1-15(2,3)20-14(19)18-11-7-10-16-13(18)17-12-8-5-4-6-9-12/h12H,4-11H2,1-3H3,(H,16,17). The third-order valence-corrected chi connectivity index (χ3v) is 3.61. The van der Waals surface area contributed by atoms with Gasteiger partial charge in [0.1, 0.15) is 5.60 Å². The van der Waals surface area contributed by atoms with Crippen LogP contribution in [-0.2, 0) is 4.74 Å². The fraction of sp³-hybridized carbons (Fsp3) is 0.867. The number of carbonyl (C=O) groups is 1.